The molecule has 0 saturated carbocycles. The summed E-state index contributed by atoms with van der Waals surface area (Å²) < 4.78 is 23.1. The molecule has 2 heterocycles. The number of rotatable bonds is 4. The fourth-order valence-electron chi connectivity index (χ4n) is 2.53. The summed E-state index contributed by atoms with van der Waals surface area (Å²) in [5.74, 6) is 1.20. The number of benzene rings is 1. The van der Waals surface area contributed by atoms with Crippen molar-refractivity contribution in [3.05, 3.63) is 40.0 Å². The van der Waals surface area contributed by atoms with Gasteiger partial charge in [-0.05, 0) is 25.5 Å². The number of sulfone groups is 1. The van der Waals surface area contributed by atoms with Gasteiger partial charge in [0.25, 0.3) is 0 Å². The number of aryl methyl sites for hydroxylation is 1. The monoisotopic (exact) mass is 386 g/mol. The van der Waals surface area contributed by atoms with Crippen LogP contribution in [-0.2, 0) is 9.84 Å². The fourth-order valence-corrected chi connectivity index (χ4v) is 4.70. The highest BCUT2D eigenvalue weighted by molar-refractivity contribution is 7.91. The minimum atomic E-state index is -2.96. The zero-order valence-corrected chi connectivity index (χ0v) is 15.2. The van der Waals surface area contributed by atoms with Crippen LogP contribution in [-0.4, -0.2) is 35.9 Å². The molecule has 0 bridgehead atoms. The van der Waals surface area contributed by atoms with E-state index in [0.29, 0.717) is 33.9 Å². The van der Waals surface area contributed by atoms with E-state index in [0.717, 1.165) is 5.69 Å². The molecule has 2 aromatic rings. The van der Waals surface area contributed by atoms with Crippen LogP contribution in [0.4, 0.5) is 17.5 Å². The third kappa shape index (κ3) is 4.09. The van der Waals surface area contributed by atoms with Gasteiger partial charge in [-0.25, -0.2) is 13.4 Å². The molecule has 0 amide bonds. The predicted molar refractivity (Wildman–Crippen MR) is 97.2 cm³/mol. The standard InChI is InChI=1S/C15H16Cl2N4O2S/c1-9-7-13(20-14-11(16)3-2-4-12(14)17)21-15(18-9)19-10-5-6-24(22,23)8-10/h2-4,7,10H,5-6,8H2,1H3,(H2,18,19,20,21). The first kappa shape index (κ1) is 17.3. The maximum Gasteiger partial charge on any atom is 0.225 e. The number of para-hydroxylation sites is 1. The zero-order valence-electron chi connectivity index (χ0n) is 12.9. The summed E-state index contributed by atoms with van der Waals surface area (Å²) in [5, 5.41) is 7.14. The van der Waals surface area contributed by atoms with Gasteiger partial charge >= 0.3 is 0 Å². The molecule has 0 aliphatic carbocycles. The van der Waals surface area contributed by atoms with Gasteiger partial charge in [0.2, 0.25) is 5.95 Å². The van der Waals surface area contributed by atoms with Gasteiger partial charge in [-0.15, -0.1) is 0 Å². The molecular weight excluding hydrogens is 371 g/mol. The van der Waals surface area contributed by atoms with Crippen molar-refractivity contribution < 1.29 is 8.42 Å². The number of anilines is 3. The third-order valence-corrected chi connectivity index (χ3v) is 6.03. The average molecular weight is 387 g/mol. The normalized spacial score (nSPS) is 19.2. The van der Waals surface area contributed by atoms with E-state index in [2.05, 4.69) is 20.6 Å². The molecular formula is C15H16Cl2N4O2S. The fraction of sp³-hybridized carbons (Fsp3) is 0.333. The summed E-state index contributed by atoms with van der Waals surface area (Å²) >= 11 is 12.3. The Bertz CT molecular complexity index is 854. The van der Waals surface area contributed by atoms with Crippen molar-refractivity contribution in [1.82, 2.24) is 9.97 Å². The van der Waals surface area contributed by atoms with E-state index in [1.807, 2.05) is 6.92 Å². The molecule has 6 nitrogen and oxygen atoms in total. The Hall–Kier alpha value is -1.57. The first-order chi connectivity index (χ1) is 11.3. The molecule has 1 aliphatic heterocycles. The summed E-state index contributed by atoms with van der Waals surface area (Å²) in [6.07, 6.45) is 0.554. The number of nitrogens with one attached hydrogen (secondary N) is 2. The summed E-state index contributed by atoms with van der Waals surface area (Å²) in [6.45, 7) is 1.83. The van der Waals surface area contributed by atoms with Gasteiger partial charge < -0.3 is 10.6 Å². The van der Waals surface area contributed by atoms with Crippen LogP contribution in [0.1, 0.15) is 12.1 Å². The summed E-state index contributed by atoms with van der Waals surface area (Å²) in [4.78, 5) is 8.69. The second-order valence-electron chi connectivity index (χ2n) is 5.68. The Labute approximate surface area is 150 Å². The van der Waals surface area contributed by atoms with E-state index in [9.17, 15) is 8.42 Å². The molecule has 2 N–H and O–H groups in total. The Morgan fingerprint density at radius 3 is 2.54 bits per heavy atom. The van der Waals surface area contributed by atoms with E-state index < -0.39 is 9.84 Å². The lowest BCUT2D eigenvalue weighted by atomic mass is 10.3. The van der Waals surface area contributed by atoms with Crippen LogP contribution in [0, 0.1) is 6.92 Å². The summed E-state index contributed by atoms with van der Waals surface area (Å²) in [6, 6.07) is 6.80. The Balaban J connectivity index is 1.82. The SMILES string of the molecule is Cc1cc(Nc2c(Cl)cccc2Cl)nc(NC2CCS(=O)(=O)C2)n1. The maximum absolute atomic E-state index is 11.6. The molecule has 1 atom stereocenters. The van der Waals surface area contributed by atoms with Crippen LogP contribution in [0.2, 0.25) is 10.0 Å². The summed E-state index contributed by atoms with van der Waals surface area (Å²) in [5.41, 5.74) is 1.30. The molecule has 1 fully saturated rings. The Morgan fingerprint density at radius 1 is 1.21 bits per heavy atom. The van der Waals surface area contributed by atoms with E-state index in [1.165, 1.54) is 0 Å². The molecule has 1 saturated heterocycles. The average Bonchev–Trinajstić information content (AvgIpc) is 2.81. The second kappa shape index (κ2) is 6.74. The topological polar surface area (TPSA) is 84.0 Å². The van der Waals surface area contributed by atoms with E-state index in [1.54, 1.807) is 24.3 Å². The molecule has 0 radical (unpaired) electrons. The van der Waals surface area contributed by atoms with E-state index >= 15 is 0 Å². The van der Waals surface area contributed by atoms with Gasteiger partial charge in [-0.1, -0.05) is 29.3 Å². The lowest BCUT2D eigenvalue weighted by Gasteiger charge is -2.14. The smallest absolute Gasteiger partial charge is 0.225 e. The summed E-state index contributed by atoms with van der Waals surface area (Å²) in [7, 11) is -2.96. The minimum absolute atomic E-state index is 0.101. The van der Waals surface area contributed by atoms with E-state index in [-0.39, 0.29) is 17.5 Å². The van der Waals surface area contributed by atoms with Gasteiger partial charge in [0, 0.05) is 17.8 Å². The van der Waals surface area contributed by atoms with Crippen molar-refractivity contribution in [2.75, 3.05) is 22.1 Å². The Morgan fingerprint density at radius 2 is 1.92 bits per heavy atom. The second-order valence-corrected chi connectivity index (χ2v) is 8.73. The molecule has 128 valence electrons. The number of halogens is 2. The van der Waals surface area contributed by atoms with Gasteiger partial charge in [0.1, 0.15) is 5.82 Å². The number of hydrogen-bond donors (Lipinski definition) is 2. The Kier molecular flexibility index (Phi) is 4.85. The van der Waals surface area contributed by atoms with Crippen LogP contribution >= 0.6 is 23.2 Å². The van der Waals surface area contributed by atoms with Crippen molar-refractivity contribution >= 4 is 50.5 Å². The van der Waals surface area contributed by atoms with Crippen LogP contribution in [0.5, 0.6) is 0 Å². The molecule has 1 aliphatic rings. The van der Waals surface area contributed by atoms with Crippen LogP contribution in [0.25, 0.3) is 0 Å². The largest absolute Gasteiger partial charge is 0.350 e. The lowest BCUT2D eigenvalue weighted by molar-refractivity contribution is 0.602. The molecule has 1 aromatic heterocycles. The highest BCUT2D eigenvalue weighted by Crippen LogP contribution is 2.32. The van der Waals surface area contributed by atoms with Crippen molar-refractivity contribution in [2.45, 2.75) is 19.4 Å². The van der Waals surface area contributed by atoms with Crippen LogP contribution in [0.3, 0.4) is 0 Å². The van der Waals surface area contributed by atoms with Crippen LogP contribution in [0.15, 0.2) is 24.3 Å². The van der Waals surface area contributed by atoms with Crippen molar-refractivity contribution in [2.24, 2.45) is 0 Å². The minimum Gasteiger partial charge on any atom is -0.350 e. The van der Waals surface area contributed by atoms with Crippen LogP contribution < -0.4 is 10.6 Å². The highest BCUT2D eigenvalue weighted by atomic mass is 35.5. The van der Waals surface area contributed by atoms with Crippen molar-refractivity contribution in [3.63, 3.8) is 0 Å². The molecule has 24 heavy (non-hydrogen) atoms. The van der Waals surface area contributed by atoms with E-state index in [4.69, 9.17) is 23.2 Å². The van der Waals surface area contributed by atoms with Gasteiger partial charge in [-0.3, -0.25) is 0 Å². The van der Waals surface area contributed by atoms with Crippen molar-refractivity contribution in [3.8, 4) is 0 Å². The van der Waals surface area contributed by atoms with Gasteiger partial charge in [0.15, 0.2) is 9.84 Å². The van der Waals surface area contributed by atoms with Crippen molar-refractivity contribution in [1.29, 1.82) is 0 Å². The first-order valence-electron chi connectivity index (χ1n) is 7.36. The molecule has 0 spiro atoms. The maximum atomic E-state index is 11.6. The first-order valence-corrected chi connectivity index (χ1v) is 9.94. The highest BCUT2D eigenvalue weighted by Gasteiger charge is 2.28. The number of nitrogens with zero attached hydrogens (tertiary/aromatic N) is 2. The zero-order chi connectivity index (χ0) is 17.3. The number of hydrogen-bond acceptors (Lipinski definition) is 6. The van der Waals surface area contributed by atoms with Gasteiger partial charge in [-0.2, -0.15) is 4.98 Å². The third-order valence-electron chi connectivity index (χ3n) is 3.64. The van der Waals surface area contributed by atoms with Gasteiger partial charge in [0.05, 0.1) is 27.2 Å². The molecule has 1 aromatic carbocycles. The number of aromatic nitrogens is 2. The molecule has 1 unspecified atom stereocenters. The molecule has 3 rings (SSSR count). The quantitative estimate of drug-likeness (QED) is 0.836. The lowest BCUT2D eigenvalue weighted by Crippen LogP contribution is -2.22. The predicted octanol–water partition coefficient (Wildman–Crippen LogP) is 3.43. The molecule has 9 heteroatoms.